The number of carbonyl (C=O) groups is 1. The number of azide groups is 1. The number of benzene rings is 2. The molecular weight excluding hydrogens is 488 g/mol. The number of carbonyl (C=O) groups excluding carboxylic acids is 1. The van der Waals surface area contributed by atoms with Crippen molar-refractivity contribution in [3.05, 3.63) is 75.7 Å². The number of aliphatic hydroxyl groups excluding tert-OH is 1. The second kappa shape index (κ2) is 13.8. The first-order chi connectivity index (χ1) is 18.6. The smallest absolute Gasteiger partial charge is 0.252 e. The largest absolute Gasteiger partial charge is 0.494 e. The molecule has 0 aliphatic carbocycles. The number of aliphatic hydroxyl groups is 1. The van der Waals surface area contributed by atoms with Gasteiger partial charge in [-0.05, 0) is 40.9 Å². The Morgan fingerprint density at radius 1 is 1.18 bits per heavy atom. The van der Waals surface area contributed by atoms with Crippen LogP contribution >= 0.6 is 0 Å². The molecule has 0 unspecified atom stereocenters. The molecule has 38 heavy (non-hydrogen) atoms. The number of morpholine rings is 1. The minimum absolute atomic E-state index is 0.0747. The first-order valence-corrected chi connectivity index (χ1v) is 12.9. The standard InChI is InChI=1S/C27H34N6O5/c28-32-30-19-23-5-2-1-4-22(23)18-27(26(35)29-10-11-33-12-16-36-17-13-33)20-38-25(31-27)21-6-8-24(9-7-21)37-15-3-14-34/h1-2,4-9,34H,3,10-20H2,(H,29,35)/t27-/m1/s1. The SMILES string of the molecule is [N-]=[N+]=NCc1ccccc1C[C@]1(C(=O)NCCN2CCOCC2)COC(c2ccc(OCCCO)cc2)=N1. The topological polar surface area (TPSA) is 141 Å². The zero-order chi connectivity index (χ0) is 26.6. The van der Waals surface area contributed by atoms with E-state index in [9.17, 15) is 4.79 Å². The van der Waals surface area contributed by atoms with Gasteiger partial charge in [0.15, 0.2) is 5.54 Å². The van der Waals surface area contributed by atoms with Gasteiger partial charge in [-0.15, -0.1) is 0 Å². The van der Waals surface area contributed by atoms with Crippen molar-refractivity contribution in [1.29, 1.82) is 0 Å². The molecular formula is C27H34N6O5. The Labute approximate surface area is 222 Å². The highest BCUT2D eigenvalue weighted by Gasteiger charge is 2.44. The summed E-state index contributed by atoms with van der Waals surface area (Å²) >= 11 is 0. The van der Waals surface area contributed by atoms with Crippen LogP contribution in [0.25, 0.3) is 10.4 Å². The maximum absolute atomic E-state index is 13.7. The van der Waals surface area contributed by atoms with Crippen molar-refractivity contribution < 1.29 is 24.1 Å². The molecule has 0 radical (unpaired) electrons. The highest BCUT2D eigenvalue weighted by Crippen LogP contribution is 2.29. The van der Waals surface area contributed by atoms with Crippen LogP contribution in [0.1, 0.15) is 23.1 Å². The average Bonchev–Trinajstić information content (AvgIpc) is 3.39. The molecule has 202 valence electrons. The van der Waals surface area contributed by atoms with Gasteiger partial charge in [0.1, 0.15) is 12.4 Å². The number of aliphatic imine (C=N–C) groups is 1. The van der Waals surface area contributed by atoms with Crippen molar-refractivity contribution in [3.8, 4) is 5.75 Å². The Balaban J connectivity index is 1.53. The van der Waals surface area contributed by atoms with Crippen molar-refractivity contribution >= 4 is 11.8 Å². The highest BCUT2D eigenvalue weighted by molar-refractivity contribution is 6.00. The summed E-state index contributed by atoms with van der Waals surface area (Å²) in [5.41, 5.74) is 10.1. The van der Waals surface area contributed by atoms with Gasteiger partial charge in [-0.2, -0.15) is 0 Å². The third-order valence-corrected chi connectivity index (χ3v) is 6.58. The number of nitrogens with zero attached hydrogens (tertiary/aromatic N) is 5. The van der Waals surface area contributed by atoms with Crippen LogP contribution in [0.5, 0.6) is 5.75 Å². The third-order valence-electron chi connectivity index (χ3n) is 6.58. The van der Waals surface area contributed by atoms with E-state index in [-0.39, 0.29) is 25.7 Å². The van der Waals surface area contributed by atoms with Crippen molar-refractivity contribution in [3.63, 3.8) is 0 Å². The first kappa shape index (κ1) is 27.4. The van der Waals surface area contributed by atoms with Crippen LogP contribution in [0.15, 0.2) is 58.6 Å². The molecule has 1 saturated heterocycles. The Bertz CT molecular complexity index is 1140. The van der Waals surface area contributed by atoms with E-state index >= 15 is 0 Å². The molecule has 2 aliphatic heterocycles. The van der Waals surface area contributed by atoms with E-state index in [1.165, 1.54) is 0 Å². The Morgan fingerprint density at radius 3 is 2.68 bits per heavy atom. The van der Waals surface area contributed by atoms with Crippen LogP contribution in [0.2, 0.25) is 0 Å². The number of amides is 1. The molecule has 0 spiro atoms. The minimum Gasteiger partial charge on any atom is -0.494 e. The molecule has 2 aromatic carbocycles. The summed E-state index contributed by atoms with van der Waals surface area (Å²) < 4.78 is 17.0. The lowest BCUT2D eigenvalue weighted by Gasteiger charge is -2.28. The number of hydrogen-bond donors (Lipinski definition) is 2. The second-order valence-corrected chi connectivity index (χ2v) is 9.23. The molecule has 2 aliphatic rings. The van der Waals surface area contributed by atoms with Crippen LogP contribution in [-0.2, 0) is 27.2 Å². The molecule has 0 aromatic heterocycles. The normalized spacial score (nSPS) is 19.2. The van der Waals surface area contributed by atoms with Gasteiger partial charge in [0.05, 0.1) is 26.4 Å². The lowest BCUT2D eigenvalue weighted by molar-refractivity contribution is -0.126. The van der Waals surface area contributed by atoms with Crippen LogP contribution in [0.3, 0.4) is 0 Å². The van der Waals surface area contributed by atoms with Gasteiger partial charge in [0.25, 0.3) is 5.91 Å². The maximum atomic E-state index is 13.7. The molecule has 1 fully saturated rings. The van der Waals surface area contributed by atoms with E-state index in [4.69, 9.17) is 29.8 Å². The zero-order valence-corrected chi connectivity index (χ0v) is 21.4. The Morgan fingerprint density at radius 2 is 1.95 bits per heavy atom. The maximum Gasteiger partial charge on any atom is 0.252 e. The number of ether oxygens (including phenoxy) is 3. The molecule has 11 heteroatoms. The molecule has 2 aromatic rings. The summed E-state index contributed by atoms with van der Waals surface area (Å²) in [4.78, 5) is 23.6. The molecule has 2 heterocycles. The molecule has 2 N–H and O–H groups in total. The van der Waals surface area contributed by atoms with Crippen molar-refractivity contribution in [2.24, 2.45) is 10.1 Å². The quantitative estimate of drug-likeness (QED) is 0.179. The fraction of sp³-hybridized carbons (Fsp3) is 0.481. The number of nitrogens with one attached hydrogen (secondary N) is 1. The van der Waals surface area contributed by atoms with Gasteiger partial charge in [-0.3, -0.25) is 9.69 Å². The van der Waals surface area contributed by atoms with E-state index < -0.39 is 5.54 Å². The second-order valence-electron chi connectivity index (χ2n) is 9.23. The van der Waals surface area contributed by atoms with Gasteiger partial charge in [0, 0.05) is 56.1 Å². The minimum atomic E-state index is -1.16. The Kier molecular flexibility index (Phi) is 9.94. The third kappa shape index (κ3) is 7.23. The van der Waals surface area contributed by atoms with E-state index in [1.54, 1.807) is 0 Å². The van der Waals surface area contributed by atoms with E-state index in [2.05, 4.69) is 20.2 Å². The number of rotatable bonds is 13. The van der Waals surface area contributed by atoms with Gasteiger partial charge >= 0.3 is 0 Å². The summed E-state index contributed by atoms with van der Waals surface area (Å²) in [6.07, 6.45) is 0.862. The molecule has 11 nitrogen and oxygen atoms in total. The predicted octanol–water partition coefficient (Wildman–Crippen LogP) is 2.46. The molecule has 1 atom stereocenters. The Hall–Kier alpha value is -3.63. The highest BCUT2D eigenvalue weighted by atomic mass is 16.5. The van der Waals surface area contributed by atoms with E-state index in [1.807, 2.05) is 48.5 Å². The molecule has 0 saturated carbocycles. The molecule has 4 rings (SSSR count). The van der Waals surface area contributed by atoms with Gasteiger partial charge in [0.2, 0.25) is 5.90 Å². The van der Waals surface area contributed by atoms with E-state index in [0.29, 0.717) is 50.9 Å². The van der Waals surface area contributed by atoms with Crippen LogP contribution in [-0.4, -0.2) is 86.6 Å². The van der Waals surface area contributed by atoms with Crippen molar-refractivity contribution in [2.45, 2.75) is 24.9 Å². The van der Waals surface area contributed by atoms with Crippen LogP contribution < -0.4 is 10.1 Å². The number of hydrogen-bond acceptors (Lipinski definition) is 8. The lowest BCUT2D eigenvalue weighted by atomic mass is 9.89. The fourth-order valence-corrected chi connectivity index (χ4v) is 4.45. The first-order valence-electron chi connectivity index (χ1n) is 12.9. The summed E-state index contributed by atoms with van der Waals surface area (Å²) in [6.45, 7) is 5.10. The van der Waals surface area contributed by atoms with Crippen molar-refractivity contribution in [2.75, 3.05) is 59.2 Å². The lowest BCUT2D eigenvalue weighted by Crippen LogP contribution is -2.50. The molecule has 1 amide bonds. The predicted molar refractivity (Wildman–Crippen MR) is 142 cm³/mol. The summed E-state index contributed by atoms with van der Waals surface area (Å²) in [7, 11) is 0. The van der Waals surface area contributed by atoms with Gasteiger partial charge in [-0.1, -0.05) is 29.4 Å². The van der Waals surface area contributed by atoms with Crippen LogP contribution in [0, 0.1) is 0 Å². The summed E-state index contributed by atoms with van der Waals surface area (Å²) in [5.74, 6) is 0.867. The fourth-order valence-electron chi connectivity index (χ4n) is 4.45. The van der Waals surface area contributed by atoms with Crippen LogP contribution in [0.4, 0.5) is 0 Å². The monoisotopic (exact) mass is 522 g/mol. The summed E-state index contributed by atoms with van der Waals surface area (Å²) in [6, 6.07) is 14.9. The van der Waals surface area contributed by atoms with E-state index in [0.717, 1.165) is 36.3 Å². The zero-order valence-electron chi connectivity index (χ0n) is 21.4. The average molecular weight is 523 g/mol. The van der Waals surface area contributed by atoms with Gasteiger partial charge in [-0.25, -0.2) is 4.99 Å². The van der Waals surface area contributed by atoms with Crippen molar-refractivity contribution in [1.82, 2.24) is 10.2 Å². The van der Waals surface area contributed by atoms with Gasteiger partial charge < -0.3 is 24.6 Å². The molecule has 0 bridgehead atoms. The summed E-state index contributed by atoms with van der Waals surface area (Å²) in [5, 5.41) is 15.7.